The van der Waals surface area contributed by atoms with Crippen LogP contribution in [0.15, 0.2) is 40.8 Å². The van der Waals surface area contributed by atoms with Gasteiger partial charge in [-0.3, -0.25) is 0 Å². The standard InChI is InChI=1S/C18H15ClN6O/c1-25(2)18-23-16(22-17(21)24-18)11(10-20)9-12-7-8-15(26-12)13-5-3-4-6-14(13)19/h3-9H,1-2H3,(H2,21,22,23,24). The molecule has 2 N–H and O–H groups in total. The summed E-state index contributed by atoms with van der Waals surface area (Å²) in [6.07, 6.45) is 1.55. The lowest BCUT2D eigenvalue weighted by Gasteiger charge is -2.10. The molecule has 0 bridgehead atoms. The zero-order chi connectivity index (χ0) is 18.7. The first-order valence-corrected chi connectivity index (χ1v) is 8.01. The largest absolute Gasteiger partial charge is 0.457 e. The molecular weight excluding hydrogens is 352 g/mol. The highest BCUT2D eigenvalue weighted by molar-refractivity contribution is 6.33. The van der Waals surface area contributed by atoms with Gasteiger partial charge in [0.1, 0.15) is 23.2 Å². The van der Waals surface area contributed by atoms with Crippen LogP contribution in [-0.4, -0.2) is 29.0 Å². The van der Waals surface area contributed by atoms with Gasteiger partial charge in [0.05, 0.1) is 5.02 Å². The van der Waals surface area contributed by atoms with E-state index in [1.54, 1.807) is 43.3 Å². The predicted molar refractivity (Wildman–Crippen MR) is 101 cm³/mol. The fourth-order valence-electron chi connectivity index (χ4n) is 2.23. The first-order valence-electron chi connectivity index (χ1n) is 7.63. The van der Waals surface area contributed by atoms with Crippen LogP contribution in [0, 0.1) is 11.3 Å². The second kappa shape index (κ2) is 7.25. The van der Waals surface area contributed by atoms with E-state index in [4.69, 9.17) is 21.8 Å². The van der Waals surface area contributed by atoms with Crippen LogP contribution in [0.3, 0.4) is 0 Å². The van der Waals surface area contributed by atoms with Crippen molar-refractivity contribution in [1.29, 1.82) is 5.26 Å². The van der Waals surface area contributed by atoms with E-state index in [-0.39, 0.29) is 17.3 Å². The second-order valence-electron chi connectivity index (χ2n) is 5.56. The number of rotatable bonds is 4. The topological polar surface area (TPSA) is 105 Å². The van der Waals surface area contributed by atoms with Gasteiger partial charge in [-0.05, 0) is 24.3 Å². The monoisotopic (exact) mass is 366 g/mol. The minimum atomic E-state index is 0.0380. The molecule has 3 rings (SSSR count). The van der Waals surface area contributed by atoms with Gasteiger partial charge in [-0.1, -0.05) is 23.7 Å². The minimum absolute atomic E-state index is 0.0380. The van der Waals surface area contributed by atoms with Gasteiger partial charge in [0.25, 0.3) is 0 Å². The summed E-state index contributed by atoms with van der Waals surface area (Å²) < 4.78 is 5.79. The summed E-state index contributed by atoms with van der Waals surface area (Å²) in [6.45, 7) is 0. The number of aromatic nitrogens is 3. The van der Waals surface area contributed by atoms with E-state index in [2.05, 4.69) is 21.0 Å². The fourth-order valence-corrected chi connectivity index (χ4v) is 2.46. The number of hydrogen-bond donors (Lipinski definition) is 1. The van der Waals surface area contributed by atoms with Crippen molar-refractivity contribution in [3.63, 3.8) is 0 Å². The van der Waals surface area contributed by atoms with Crippen molar-refractivity contribution >= 4 is 35.1 Å². The van der Waals surface area contributed by atoms with Crippen molar-refractivity contribution in [2.24, 2.45) is 0 Å². The van der Waals surface area contributed by atoms with Gasteiger partial charge < -0.3 is 15.1 Å². The molecule has 3 aromatic rings. The van der Waals surface area contributed by atoms with Gasteiger partial charge in [-0.2, -0.15) is 20.2 Å². The highest BCUT2D eigenvalue weighted by Crippen LogP contribution is 2.30. The number of allylic oxidation sites excluding steroid dienone is 1. The number of halogens is 1. The van der Waals surface area contributed by atoms with Crippen molar-refractivity contribution in [2.45, 2.75) is 0 Å². The highest BCUT2D eigenvalue weighted by Gasteiger charge is 2.13. The molecule has 0 saturated heterocycles. The van der Waals surface area contributed by atoms with E-state index in [0.717, 1.165) is 5.56 Å². The van der Waals surface area contributed by atoms with E-state index in [0.29, 0.717) is 22.5 Å². The third-order valence-electron chi connectivity index (χ3n) is 3.45. The molecule has 2 aromatic heterocycles. The van der Waals surface area contributed by atoms with Crippen LogP contribution in [0.1, 0.15) is 11.6 Å². The van der Waals surface area contributed by atoms with Gasteiger partial charge in [0.2, 0.25) is 11.9 Å². The lowest BCUT2D eigenvalue weighted by atomic mass is 10.2. The summed E-state index contributed by atoms with van der Waals surface area (Å²) >= 11 is 6.19. The molecule has 0 spiro atoms. The van der Waals surface area contributed by atoms with Crippen molar-refractivity contribution in [2.75, 3.05) is 24.7 Å². The first-order chi connectivity index (χ1) is 12.5. The maximum atomic E-state index is 9.49. The van der Waals surface area contributed by atoms with E-state index in [9.17, 15) is 5.26 Å². The van der Waals surface area contributed by atoms with Crippen LogP contribution in [0.4, 0.5) is 11.9 Å². The van der Waals surface area contributed by atoms with Crippen molar-refractivity contribution in [3.8, 4) is 17.4 Å². The average molecular weight is 367 g/mol. The molecule has 0 radical (unpaired) electrons. The summed E-state index contributed by atoms with van der Waals surface area (Å²) in [5.41, 5.74) is 6.70. The van der Waals surface area contributed by atoms with Crippen molar-refractivity contribution in [1.82, 2.24) is 15.0 Å². The fraction of sp³-hybridized carbons (Fsp3) is 0.111. The molecule has 2 heterocycles. The molecule has 0 amide bonds. The quantitative estimate of drug-likeness (QED) is 0.704. The van der Waals surface area contributed by atoms with Gasteiger partial charge in [0.15, 0.2) is 5.82 Å². The zero-order valence-electron chi connectivity index (χ0n) is 14.1. The van der Waals surface area contributed by atoms with E-state index >= 15 is 0 Å². The molecular formula is C18H15ClN6O. The maximum Gasteiger partial charge on any atom is 0.230 e. The van der Waals surface area contributed by atoms with Crippen molar-refractivity contribution < 1.29 is 4.42 Å². The van der Waals surface area contributed by atoms with Crippen LogP contribution in [0.25, 0.3) is 23.0 Å². The lowest BCUT2D eigenvalue weighted by Crippen LogP contribution is -2.15. The molecule has 7 nitrogen and oxygen atoms in total. The third kappa shape index (κ3) is 3.66. The number of nitrogen functional groups attached to an aromatic ring is 1. The third-order valence-corrected chi connectivity index (χ3v) is 3.78. The molecule has 0 saturated carbocycles. The Morgan fingerprint density at radius 2 is 1.96 bits per heavy atom. The smallest absolute Gasteiger partial charge is 0.230 e. The average Bonchev–Trinajstić information content (AvgIpc) is 3.07. The van der Waals surface area contributed by atoms with E-state index < -0.39 is 0 Å². The van der Waals surface area contributed by atoms with Gasteiger partial charge in [-0.25, -0.2) is 0 Å². The van der Waals surface area contributed by atoms with Gasteiger partial charge in [0, 0.05) is 25.7 Å². The van der Waals surface area contributed by atoms with Gasteiger partial charge >= 0.3 is 0 Å². The summed E-state index contributed by atoms with van der Waals surface area (Å²) in [5.74, 6) is 1.66. The molecule has 26 heavy (non-hydrogen) atoms. The summed E-state index contributed by atoms with van der Waals surface area (Å²) in [7, 11) is 3.55. The molecule has 1 aromatic carbocycles. The SMILES string of the molecule is CN(C)c1nc(N)nc(C(C#N)=Cc2ccc(-c3ccccc3Cl)o2)n1. The Kier molecular flexibility index (Phi) is 4.87. The summed E-state index contributed by atoms with van der Waals surface area (Å²) in [4.78, 5) is 14.0. The first kappa shape index (κ1) is 17.5. The number of anilines is 2. The van der Waals surface area contributed by atoms with E-state index in [1.807, 2.05) is 18.2 Å². The minimum Gasteiger partial charge on any atom is -0.457 e. The Hall–Kier alpha value is -3.37. The van der Waals surface area contributed by atoms with Crippen LogP contribution in [0.2, 0.25) is 5.02 Å². The number of benzene rings is 1. The number of nitriles is 1. The second-order valence-corrected chi connectivity index (χ2v) is 5.97. The van der Waals surface area contributed by atoms with Crippen LogP contribution < -0.4 is 10.6 Å². The Labute approximate surface area is 155 Å². The molecule has 0 aliphatic carbocycles. The Bertz CT molecular complexity index is 1020. The predicted octanol–water partition coefficient (Wildman–Crippen LogP) is 3.50. The molecule has 0 aliphatic rings. The molecule has 0 aliphatic heterocycles. The molecule has 8 heteroatoms. The Balaban J connectivity index is 1.99. The number of furan rings is 1. The van der Waals surface area contributed by atoms with Crippen molar-refractivity contribution in [3.05, 3.63) is 53.0 Å². The summed E-state index contributed by atoms with van der Waals surface area (Å²) in [5, 5.41) is 10.1. The molecule has 0 atom stereocenters. The van der Waals surface area contributed by atoms with Crippen LogP contribution in [0.5, 0.6) is 0 Å². The van der Waals surface area contributed by atoms with Gasteiger partial charge in [-0.15, -0.1) is 0 Å². The molecule has 0 unspecified atom stereocenters. The number of nitrogens with two attached hydrogens (primary N) is 1. The maximum absolute atomic E-state index is 9.49. The highest BCUT2D eigenvalue weighted by atomic mass is 35.5. The Morgan fingerprint density at radius 3 is 2.65 bits per heavy atom. The molecule has 130 valence electrons. The van der Waals surface area contributed by atoms with Crippen LogP contribution in [-0.2, 0) is 0 Å². The number of nitrogens with zero attached hydrogens (tertiary/aromatic N) is 5. The molecule has 0 fully saturated rings. The normalized spacial score (nSPS) is 11.2. The lowest BCUT2D eigenvalue weighted by molar-refractivity contribution is 0.572. The van der Waals surface area contributed by atoms with Crippen LogP contribution >= 0.6 is 11.6 Å². The Morgan fingerprint density at radius 1 is 1.19 bits per heavy atom. The number of hydrogen-bond acceptors (Lipinski definition) is 7. The summed E-state index contributed by atoms with van der Waals surface area (Å²) in [6, 6.07) is 13.0. The zero-order valence-corrected chi connectivity index (χ0v) is 14.9. The van der Waals surface area contributed by atoms with E-state index in [1.165, 1.54) is 0 Å².